The van der Waals surface area contributed by atoms with E-state index in [9.17, 15) is 13.5 Å². The van der Waals surface area contributed by atoms with Crippen molar-refractivity contribution in [2.45, 2.75) is 122 Å². The second-order valence-corrected chi connectivity index (χ2v) is 9.07. The van der Waals surface area contributed by atoms with Gasteiger partial charge in [0.1, 0.15) is 0 Å². The molecule has 5 heteroatoms. The van der Waals surface area contributed by atoms with Crippen molar-refractivity contribution in [2.24, 2.45) is 0 Å². The van der Waals surface area contributed by atoms with E-state index in [0.717, 1.165) is 44.9 Å². The van der Waals surface area contributed by atoms with E-state index >= 15 is 0 Å². The molecule has 0 fully saturated rings. The topological polar surface area (TPSA) is 74.6 Å². The fourth-order valence-electron chi connectivity index (χ4n) is 2.97. The van der Waals surface area contributed by atoms with Gasteiger partial charge in [-0.05, 0) is 26.2 Å². The van der Waals surface area contributed by atoms with Gasteiger partial charge in [-0.15, -0.1) is 0 Å². The molecule has 4 nitrogen and oxygen atoms in total. The lowest BCUT2D eigenvalue weighted by Gasteiger charge is -2.11. The van der Waals surface area contributed by atoms with E-state index in [2.05, 4.69) is 6.92 Å². The van der Waals surface area contributed by atoms with Gasteiger partial charge in [-0.1, -0.05) is 84.0 Å². The van der Waals surface area contributed by atoms with Crippen molar-refractivity contribution < 1.29 is 18.1 Å². The van der Waals surface area contributed by atoms with Crippen LogP contribution in [0.15, 0.2) is 0 Å². The summed E-state index contributed by atoms with van der Waals surface area (Å²) in [6, 6.07) is 0. The van der Waals surface area contributed by atoms with Crippen LogP contribution in [0.5, 0.6) is 0 Å². The molecule has 24 heavy (non-hydrogen) atoms. The molecule has 0 aromatic rings. The highest BCUT2D eigenvalue weighted by molar-refractivity contribution is 7.86. The Kier molecular flexibility index (Phi) is 15.1. The number of hydrogen-bond donors (Lipinski definition) is 2. The molecule has 0 aromatic carbocycles. The van der Waals surface area contributed by atoms with E-state index in [1.807, 2.05) is 0 Å². The molecule has 0 amide bonds. The zero-order valence-electron chi connectivity index (χ0n) is 15.9. The van der Waals surface area contributed by atoms with Crippen molar-refractivity contribution in [1.29, 1.82) is 0 Å². The van der Waals surface area contributed by atoms with E-state index in [4.69, 9.17) is 4.55 Å². The van der Waals surface area contributed by atoms with Crippen molar-refractivity contribution in [2.75, 3.05) is 0 Å². The molecule has 0 heterocycles. The lowest BCUT2D eigenvalue weighted by Crippen LogP contribution is -2.16. The van der Waals surface area contributed by atoms with Gasteiger partial charge in [-0.25, -0.2) is 0 Å². The number of unbranched alkanes of at least 4 members (excludes halogenated alkanes) is 10. The van der Waals surface area contributed by atoms with Crippen LogP contribution in [0.3, 0.4) is 0 Å². The predicted molar refractivity (Wildman–Crippen MR) is 102 cm³/mol. The molecule has 0 aromatic heterocycles. The summed E-state index contributed by atoms with van der Waals surface area (Å²) in [5, 5.41) is 9.30. The number of aliphatic hydroxyl groups excluding tert-OH is 1. The second kappa shape index (κ2) is 15.2. The molecule has 0 radical (unpaired) electrons. The molecule has 0 saturated heterocycles. The number of hydrogen-bond acceptors (Lipinski definition) is 3. The van der Waals surface area contributed by atoms with Gasteiger partial charge < -0.3 is 5.11 Å². The largest absolute Gasteiger partial charge is 0.393 e. The maximum atomic E-state index is 10.9. The quantitative estimate of drug-likeness (QED) is 0.264. The first kappa shape index (κ1) is 23.9. The van der Waals surface area contributed by atoms with Crippen molar-refractivity contribution in [3.05, 3.63) is 0 Å². The summed E-state index contributed by atoms with van der Waals surface area (Å²) in [5.41, 5.74) is 0. The molecule has 2 unspecified atom stereocenters. The Balaban J connectivity index is 3.34. The first-order valence-corrected chi connectivity index (χ1v) is 11.5. The molecule has 0 rings (SSSR count). The molecular formula is C19H40O4S. The Morgan fingerprint density at radius 1 is 0.708 bits per heavy atom. The minimum atomic E-state index is -3.87. The molecular weight excluding hydrogens is 324 g/mol. The Bertz CT molecular complexity index is 368. The van der Waals surface area contributed by atoms with Gasteiger partial charge in [0.25, 0.3) is 10.1 Å². The van der Waals surface area contributed by atoms with Gasteiger partial charge in [-0.3, -0.25) is 4.55 Å². The fourth-order valence-corrected chi connectivity index (χ4v) is 3.44. The van der Waals surface area contributed by atoms with Crippen molar-refractivity contribution >= 4 is 10.1 Å². The maximum absolute atomic E-state index is 10.9. The van der Waals surface area contributed by atoms with Crippen LogP contribution in [0.1, 0.15) is 110 Å². The van der Waals surface area contributed by atoms with Crippen molar-refractivity contribution in [3.63, 3.8) is 0 Å². The zero-order valence-corrected chi connectivity index (χ0v) is 16.7. The molecule has 0 aliphatic carbocycles. The minimum Gasteiger partial charge on any atom is -0.393 e. The van der Waals surface area contributed by atoms with Crippen LogP contribution >= 0.6 is 0 Å². The van der Waals surface area contributed by atoms with Gasteiger partial charge >= 0.3 is 0 Å². The fraction of sp³-hybridized carbons (Fsp3) is 1.00. The average Bonchev–Trinajstić information content (AvgIpc) is 2.52. The monoisotopic (exact) mass is 364 g/mol. The van der Waals surface area contributed by atoms with Crippen LogP contribution in [0, 0.1) is 0 Å². The minimum absolute atomic E-state index is 0.179. The SMILES string of the molecule is CCCCCCCCCCC(O)CCCCCCC(C)S(=O)(=O)O. The van der Waals surface area contributed by atoms with Gasteiger partial charge in [0.2, 0.25) is 0 Å². The Morgan fingerprint density at radius 3 is 1.50 bits per heavy atom. The second-order valence-electron chi connectivity index (χ2n) is 7.23. The summed E-state index contributed by atoms with van der Waals surface area (Å²) in [5.74, 6) is 0. The lowest BCUT2D eigenvalue weighted by atomic mass is 10.0. The van der Waals surface area contributed by atoms with Crippen LogP contribution in [0.25, 0.3) is 0 Å². The Hall–Kier alpha value is -0.130. The first-order valence-electron chi connectivity index (χ1n) is 10.0. The highest BCUT2D eigenvalue weighted by Crippen LogP contribution is 2.15. The highest BCUT2D eigenvalue weighted by atomic mass is 32.2. The van der Waals surface area contributed by atoms with Gasteiger partial charge in [0.05, 0.1) is 11.4 Å². The van der Waals surface area contributed by atoms with E-state index in [0.29, 0.717) is 6.42 Å². The molecule has 0 aliphatic heterocycles. The van der Waals surface area contributed by atoms with E-state index in [1.54, 1.807) is 6.92 Å². The third-order valence-corrected chi connectivity index (χ3v) is 6.05. The van der Waals surface area contributed by atoms with Crippen LogP contribution < -0.4 is 0 Å². The molecule has 146 valence electrons. The lowest BCUT2D eigenvalue weighted by molar-refractivity contribution is 0.147. The van der Waals surface area contributed by atoms with Crippen molar-refractivity contribution in [1.82, 2.24) is 0 Å². The summed E-state index contributed by atoms with van der Waals surface area (Å²) in [6.07, 6.45) is 16.2. The van der Waals surface area contributed by atoms with E-state index in [1.165, 1.54) is 44.9 Å². The number of rotatable bonds is 17. The highest BCUT2D eigenvalue weighted by Gasteiger charge is 2.16. The smallest absolute Gasteiger partial charge is 0.267 e. The summed E-state index contributed by atoms with van der Waals surface area (Å²) < 4.78 is 30.6. The third-order valence-electron chi connectivity index (χ3n) is 4.80. The van der Waals surface area contributed by atoms with Gasteiger partial charge in [-0.2, -0.15) is 8.42 Å². The molecule has 0 bridgehead atoms. The summed E-state index contributed by atoms with van der Waals surface area (Å²) in [7, 11) is -3.87. The van der Waals surface area contributed by atoms with E-state index < -0.39 is 15.4 Å². The molecule has 2 N–H and O–H groups in total. The first-order chi connectivity index (χ1) is 11.4. The molecule has 0 spiro atoms. The van der Waals surface area contributed by atoms with Crippen molar-refractivity contribution in [3.8, 4) is 0 Å². The molecule has 0 aliphatic rings. The maximum Gasteiger partial charge on any atom is 0.267 e. The summed E-state index contributed by atoms with van der Waals surface area (Å²) in [6.45, 7) is 3.78. The Labute approximate surface area is 150 Å². The summed E-state index contributed by atoms with van der Waals surface area (Å²) >= 11 is 0. The summed E-state index contributed by atoms with van der Waals surface area (Å²) in [4.78, 5) is 0. The average molecular weight is 365 g/mol. The standard InChI is InChI=1S/C19H40O4S/c1-3-4-5-6-7-8-9-13-16-19(20)17-14-11-10-12-15-18(2)24(21,22)23/h18-20H,3-17H2,1-2H3,(H,21,22,23). The molecule has 2 atom stereocenters. The zero-order chi connectivity index (χ0) is 18.3. The van der Waals surface area contributed by atoms with E-state index in [-0.39, 0.29) is 6.10 Å². The third kappa shape index (κ3) is 15.4. The van der Waals surface area contributed by atoms with Gasteiger partial charge in [0.15, 0.2) is 0 Å². The normalized spacial score (nSPS) is 14.7. The predicted octanol–water partition coefficient (Wildman–Crippen LogP) is 5.50. The molecule has 0 saturated carbocycles. The van der Waals surface area contributed by atoms with Crippen LogP contribution in [-0.2, 0) is 10.1 Å². The van der Waals surface area contributed by atoms with Crippen LogP contribution in [0.4, 0.5) is 0 Å². The van der Waals surface area contributed by atoms with Gasteiger partial charge in [0, 0.05) is 0 Å². The van der Waals surface area contributed by atoms with Crippen LogP contribution in [0.2, 0.25) is 0 Å². The van der Waals surface area contributed by atoms with Crippen LogP contribution in [-0.4, -0.2) is 29.4 Å². The Morgan fingerprint density at radius 2 is 1.08 bits per heavy atom. The number of aliphatic hydroxyl groups is 1.